The topological polar surface area (TPSA) is 60.1 Å². The van der Waals surface area contributed by atoms with E-state index in [9.17, 15) is 0 Å². The van der Waals surface area contributed by atoms with Crippen LogP contribution in [-0.2, 0) is 4.74 Å². The van der Waals surface area contributed by atoms with Gasteiger partial charge in [0.25, 0.3) is 0 Å². The van der Waals surface area contributed by atoms with Gasteiger partial charge < -0.3 is 20.1 Å². The predicted molar refractivity (Wildman–Crippen MR) is 76.8 cm³/mol. The van der Waals surface area contributed by atoms with E-state index in [-0.39, 0.29) is 6.04 Å². The minimum Gasteiger partial charge on any atom is -0.497 e. The van der Waals surface area contributed by atoms with Crippen LogP contribution in [0.2, 0.25) is 0 Å². The van der Waals surface area contributed by atoms with Crippen molar-refractivity contribution >= 4 is 11.6 Å². The molecule has 0 fully saturated rings. The highest BCUT2D eigenvalue weighted by Gasteiger charge is 2.31. The summed E-state index contributed by atoms with van der Waals surface area (Å²) in [6, 6.07) is 8.10. The fourth-order valence-electron chi connectivity index (χ4n) is 2.39. The Morgan fingerprint density at radius 1 is 1.37 bits per heavy atom. The molecule has 104 valence electrons. The van der Waals surface area contributed by atoms with Crippen molar-refractivity contribution in [2.45, 2.75) is 13.0 Å². The fourth-order valence-corrected chi connectivity index (χ4v) is 2.39. The molecule has 5 nitrogen and oxygen atoms in total. The van der Waals surface area contributed by atoms with Crippen LogP contribution in [0, 0.1) is 5.92 Å². The van der Waals surface area contributed by atoms with Crippen molar-refractivity contribution in [1.82, 2.24) is 0 Å². The molecule has 2 atom stereocenters. The van der Waals surface area contributed by atoms with Crippen molar-refractivity contribution in [1.29, 1.82) is 0 Å². The van der Waals surface area contributed by atoms with Gasteiger partial charge in [-0.05, 0) is 24.3 Å². The van der Waals surface area contributed by atoms with Gasteiger partial charge in [0.2, 0.25) is 0 Å². The summed E-state index contributed by atoms with van der Waals surface area (Å²) in [5.74, 6) is 1.76. The first kappa shape index (κ1) is 13.7. The minimum absolute atomic E-state index is 0.244. The van der Waals surface area contributed by atoms with E-state index in [1.165, 1.54) is 0 Å². The molecule has 19 heavy (non-hydrogen) atoms. The quantitative estimate of drug-likeness (QED) is 0.874. The number of nitrogens with two attached hydrogens (primary N) is 1. The first-order valence-electron chi connectivity index (χ1n) is 6.39. The van der Waals surface area contributed by atoms with E-state index in [1.54, 1.807) is 14.2 Å². The number of aliphatic imine (C=N–C) groups is 1. The van der Waals surface area contributed by atoms with Crippen molar-refractivity contribution in [2.75, 3.05) is 32.3 Å². The Hall–Kier alpha value is -1.75. The summed E-state index contributed by atoms with van der Waals surface area (Å²) < 4.78 is 10.4. The van der Waals surface area contributed by atoms with E-state index < -0.39 is 0 Å². The van der Waals surface area contributed by atoms with Crippen LogP contribution in [0.3, 0.4) is 0 Å². The van der Waals surface area contributed by atoms with Crippen LogP contribution in [0.15, 0.2) is 29.3 Å². The second-order valence-electron chi connectivity index (χ2n) is 4.77. The largest absolute Gasteiger partial charge is 0.497 e. The maximum Gasteiger partial charge on any atom is 0.196 e. The van der Waals surface area contributed by atoms with Gasteiger partial charge in [0.15, 0.2) is 5.96 Å². The number of anilines is 1. The van der Waals surface area contributed by atoms with Gasteiger partial charge in [-0.15, -0.1) is 0 Å². The molecule has 0 aliphatic carbocycles. The maximum atomic E-state index is 6.01. The molecule has 1 aliphatic heterocycles. The number of ether oxygens (including phenoxy) is 2. The molecule has 2 N–H and O–H groups in total. The van der Waals surface area contributed by atoms with Crippen LogP contribution >= 0.6 is 0 Å². The van der Waals surface area contributed by atoms with Crippen LogP contribution in [-0.4, -0.2) is 39.4 Å². The zero-order valence-corrected chi connectivity index (χ0v) is 11.7. The number of benzene rings is 1. The summed E-state index contributed by atoms with van der Waals surface area (Å²) in [6.07, 6.45) is 0. The van der Waals surface area contributed by atoms with E-state index in [1.807, 2.05) is 24.3 Å². The first-order valence-corrected chi connectivity index (χ1v) is 6.39. The highest BCUT2D eigenvalue weighted by Crippen LogP contribution is 2.26. The summed E-state index contributed by atoms with van der Waals surface area (Å²) in [7, 11) is 3.37. The molecule has 0 saturated heterocycles. The molecule has 2 rings (SSSR count). The van der Waals surface area contributed by atoms with Gasteiger partial charge in [-0.1, -0.05) is 6.92 Å². The number of hydrogen-bond donors (Lipinski definition) is 1. The molecule has 0 saturated carbocycles. The maximum absolute atomic E-state index is 6.01. The normalized spacial score (nSPS) is 20.3. The molecule has 0 bridgehead atoms. The van der Waals surface area contributed by atoms with Crippen molar-refractivity contribution < 1.29 is 9.47 Å². The summed E-state index contributed by atoms with van der Waals surface area (Å²) in [5.41, 5.74) is 7.04. The molecule has 1 heterocycles. The average Bonchev–Trinajstić information content (AvgIpc) is 2.81. The second-order valence-corrected chi connectivity index (χ2v) is 4.77. The molecule has 0 radical (unpaired) electrons. The van der Waals surface area contributed by atoms with Gasteiger partial charge in [0, 0.05) is 18.7 Å². The number of rotatable bonds is 5. The van der Waals surface area contributed by atoms with Crippen LogP contribution in [0.25, 0.3) is 0 Å². The van der Waals surface area contributed by atoms with E-state index in [2.05, 4.69) is 16.8 Å². The third-order valence-corrected chi connectivity index (χ3v) is 3.46. The van der Waals surface area contributed by atoms with Gasteiger partial charge in [-0.3, -0.25) is 4.99 Å². The Morgan fingerprint density at radius 3 is 2.63 bits per heavy atom. The van der Waals surface area contributed by atoms with Crippen LogP contribution in [0.5, 0.6) is 5.75 Å². The molecule has 1 aromatic carbocycles. The lowest BCUT2D eigenvalue weighted by atomic mass is 10.0. The van der Waals surface area contributed by atoms with Crippen molar-refractivity contribution in [3.63, 3.8) is 0 Å². The first-order chi connectivity index (χ1) is 9.17. The number of guanidine groups is 1. The Kier molecular flexibility index (Phi) is 4.27. The van der Waals surface area contributed by atoms with Gasteiger partial charge in [0.1, 0.15) is 5.75 Å². The average molecular weight is 263 g/mol. The van der Waals surface area contributed by atoms with Gasteiger partial charge >= 0.3 is 0 Å². The molecule has 0 aromatic heterocycles. The third-order valence-electron chi connectivity index (χ3n) is 3.46. The summed E-state index contributed by atoms with van der Waals surface area (Å²) in [5, 5.41) is 0. The lowest BCUT2D eigenvalue weighted by molar-refractivity contribution is 0.150. The van der Waals surface area contributed by atoms with Crippen molar-refractivity contribution in [2.24, 2.45) is 16.6 Å². The van der Waals surface area contributed by atoms with Gasteiger partial charge in [0.05, 0.1) is 26.3 Å². The van der Waals surface area contributed by atoms with E-state index in [0.717, 1.165) is 11.4 Å². The zero-order valence-electron chi connectivity index (χ0n) is 11.7. The molecule has 2 unspecified atom stereocenters. The molecule has 5 heteroatoms. The molecule has 1 aromatic rings. The third kappa shape index (κ3) is 2.81. The summed E-state index contributed by atoms with van der Waals surface area (Å²) in [4.78, 5) is 6.43. The van der Waals surface area contributed by atoms with Crippen LogP contribution in [0.4, 0.5) is 5.69 Å². The number of methoxy groups -OCH3 is 2. The highest BCUT2D eigenvalue weighted by molar-refractivity contribution is 5.97. The SMILES string of the molecule is COCC(C)C1CN=C(N)N1c1ccc(OC)cc1. The molecule has 0 spiro atoms. The van der Waals surface area contributed by atoms with E-state index in [0.29, 0.717) is 25.0 Å². The van der Waals surface area contributed by atoms with E-state index >= 15 is 0 Å². The summed E-state index contributed by atoms with van der Waals surface area (Å²) in [6.45, 7) is 3.56. The van der Waals surface area contributed by atoms with Crippen LogP contribution in [0.1, 0.15) is 6.92 Å². The van der Waals surface area contributed by atoms with E-state index in [4.69, 9.17) is 15.2 Å². The number of hydrogen-bond acceptors (Lipinski definition) is 5. The fraction of sp³-hybridized carbons (Fsp3) is 0.500. The molecular weight excluding hydrogens is 242 g/mol. The Morgan fingerprint density at radius 2 is 2.05 bits per heavy atom. The van der Waals surface area contributed by atoms with Gasteiger partial charge in [-0.25, -0.2) is 0 Å². The summed E-state index contributed by atoms with van der Waals surface area (Å²) >= 11 is 0. The Balaban J connectivity index is 2.20. The van der Waals surface area contributed by atoms with Crippen molar-refractivity contribution in [3.8, 4) is 5.75 Å². The molecule has 1 aliphatic rings. The van der Waals surface area contributed by atoms with Crippen molar-refractivity contribution in [3.05, 3.63) is 24.3 Å². The second kappa shape index (κ2) is 5.93. The predicted octanol–water partition coefficient (Wildman–Crippen LogP) is 1.48. The Labute approximate surface area is 114 Å². The lowest BCUT2D eigenvalue weighted by Gasteiger charge is -2.30. The Bertz CT molecular complexity index is 445. The molecular formula is C14H21N3O2. The minimum atomic E-state index is 0.244. The van der Waals surface area contributed by atoms with Crippen LogP contribution < -0.4 is 15.4 Å². The number of nitrogens with zero attached hydrogens (tertiary/aromatic N) is 2. The standard InChI is InChI=1S/C14H21N3O2/c1-10(9-18-2)13-8-16-14(15)17(13)11-4-6-12(19-3)7-5-11/h4-7,10,13H,8-9H2,1-3H3,(H2,15,16). The smallest absolute Gasteiger partial charge is 0.196 e. The van der Waals surface area contributed by atoms with Gasteiger partial charge in [-0.2, -0.15) is 0 Å². The highest BCUT2D eigenvalue weighted by atomic mass is 16.5. The zero-order chi connectivity index (χ0) is 13.8. The monoisotopic (exact) mass is 263 g/mol. The lowest BCUT2D eigenvalue weighted by Crippen LogP contribution is -2.45. The molecule has 0 amide bonds.